The number of hydrogen-bond acceptors (Lipinski definition) is 7. The van der Waals surface area contributed by atoms with E-state index in [4.69, 9.17) is 14.4 Å². The van der Waals surface area contributed by atoms with Gasteiger partial charge in [-0.3, -0.25) is 0 Å². The van der Waals surface area contributed by atoms with E-state index in [1.54, 1.807) is 6.26 Å². The Bertz CT molecular complexity index is 1620. The van der Waals surface area contributed by atoms with Crippen LogP contribution in [0.5, 0.6) is 0 Å². The van der Waals surface area contributed by atoms with E-state index in [0.717, 1.165) is 89.1 Å². The lowest BCUT2D eigenvalue weighted by Gasteiger charge is -2.34. The maximum absolute atomic E-state index is 5.62. The highest BCUT2D eigenvalue weighted by molar-refractivity contribution is 5.85. The maximum atomic E-state index is 5.62. The van der Waals surface area contributed by atoms with Gasteiger partial charge in [0.15, 0.2) is 0 Å². The van der Waals surface area contributed by atoms with Gasteiger partial charge in [-0.25, -0.2) is 15.0 Å². The molecule has 1 fully saturated rings. The van der Waals surface area contributed by atoms with E-state index >= 15 is 0 Å². The zero-order valence-electron chi connectivity index (χ0n) is 23.7. The van der Waals surface area contributed by atoms with Gasteiger partial charge in [0.05, 0.1) is 12.0 Å². The number of nitrogens with one attached hydrogen (secondary N) is 1. The molecule has 5 aromatic rings. The summed E-state index contributed by atoms with van der Waals surface area (Å²) in [6, 6.07) is 21.3. The lowest BCUT2D eigenvalue weighted by Crippen LogP contribution is -2.46. The second kappa shape index (κ2) is 11.1. The van der Waals surface area contributed by atoms with Crippen LogP contribution in [0.3, 0.4) is 0 Å². The summed E-state index contributed by atoms with van der Waals surface area (Å²) < 4.78 is 5.62. The Morgan fingerprint density at radius 1 is 0.900 bits per heavy atom. The summed E-state index contributed by atoms with van der Waals surface area (Å²) in [7, 11) is 0. The molecule has 40 heavy (non-hydrogen) atoms. The van der Waals surface area contributed by atoms with Gasteiger partial charge in [-0.15, -0.1) is 0 Å². The fraction of sp³-hybridized carbons (Fsp3) is 0.303. The first kappa shape index (κ1) is 26.0. The van der Waals surface area contributed by atoms with Crippen molar-refractivity contribution in [1.82, 2.24) is 19.9 Å². The van der Waals surface area contributed by atoms with Crippen LogP contribution in [0.4, 0.5) is 11.6 Å². The first-order chi connectivity index (χ1) is 19.5. The molecule has 2 aromatic carbocycles. The largest absolute Gasteiger partial charge is 0.464 e. The van der Waals surface area contributed by atoms with Crippen LogP contribution >= 0.6 is 0 Å². The minimum absolute atomic E-state index is 0.0581. The molecule has 0 saturated carbocycles. The Hall–Kier alpha value is -4.23. The lowest BCUT2D eigenvalue weighted by molar-refractivity contribution is 0.270. The van der Waals surface area contributed by atoms with Gasteiger partial charge in [0.25, 0.3) is 0 Å². The number of benzene rings is 2. The third-order valence-corrected chi connectivity index (χ3v) is 7.88. The number of aromatic nitrogens is 3. The highest BCUT2D eigenvalue weighted by Crippen LogP contribution is 2.30. The fourth-order valence-corrected chi connectivity index (χ4v) is 5.43. The number of aryl methyl sites for hydroxylation is 2. The lowest BCUT2D eigenvalue weighted by atomic mass is 10.0. The van der Waals surface area contributed by atoms with Crippen molar-refractivity contribution >= 4 is 22.6 Å². The first-order valence-corrected chi connectivity index (χ1v) is 14.1. The highest BCUT2D eigenvalue weighted by atomic mass is 16.3. The summed E-state index contributed by atoms with van der Waals surface area (Å²) in [6.07, 6.45) is 3.79. The van der Waals surface area contributed by atoms with Crippen molar-refractivity contribution in [3.63, 3.8) is 0 Å². The quantitative estimate of drug-likeness (QED) is 0.245. The molecule has 7 nitrogen and oxygen atoms in total. The van der Waals surface area contributed by atoms with Gasteiger partial charge in [0.1, 0.15) is 23.0 Å². The summed E-state index contributed by atoms with van der Waals surface area (Å²) in [5, 5.41) is 4.70. The third kappa shape index (κ3) is 5.42. The predicted molar refractivity (Wildman–Crippen MR) is 163 cm³/mol. The molecule has 1 saturated heterocycles. The van der Waals surface area contributed by atoms with Crippen molar-refractivity contribution in [2.24, 2.45) is 0 Å². The zero-order valence-corrected chi connectivity index (χ0v) is 23.7. The van der Waals surface area contributed by atoms with Crippen molar-refractivity contribution in [2.75, 3.05) is 42.9 Å². The Balaban J connectivity index is 1.18. The second-order valence-corrected chi connectivity index (χ2v) is 10.6. The molecule has 0 radical (unpaired) electrons. The number of hydrogen-bond donors (Lipinski definition) is 1. The van der Waals surface area contributed by atoms with E-state index in [0.29, 0.717) is 0 Å². The molecule has 1 aliphatic heterocycles. The van der Waals surface area contributed by atoms with Crippen molar-refractivity contribution < 1.29 is 4.42 Å². The Morgan fingerprint density at radius 2 is 1.73 bits per heavy atom. The molecule has 0 unspecified atom stereocenters. The summed E-state index contributed by atoms with van der Waals surface area (Å²) >= 11 is 0. The number of rotatable bonds is 7. The molecule has 0 bridgehead atoms. The number of pyridine rings is 1. The van der Waals surface area contributed by atoms with Gasteiger partial charge in [-0.1, -0.05) is 25.1 Å². The van der Waals surface area contributed by atoms with Crippen LogP contribution in [0, 0.1) is 13.8 Å². The molecule has 3 aromatic heterocycles. The van der Waals surface area contributed by atoms with Gasteiger partial charge >= 0.3 is 0 Å². The highest BCUT2D eigenvalue weighted by Gasteiger charge is 2.17. The van der Waals surface area contributed by atoms with Gasteiger partial charge in [0.2, 0.25) is 0 Å². The SMILES string of the molecule is CCN1CCN(c2ccc(-c3cccc([C@H](C)Nc4cc(-c5ccc6occ(C)c6c5)nc(C)n4)c3)cn2)CC1. The topological polar surface area (TPSA) is 70.3 Å². The molecular weight excluding hydrogens is 496 g/mol. The van der Waals surface area contributed by atoms with E-state index in [2.05, 4.69) is 83.3 Å². The van der Waals surface area contributed by atoms with Crippen molar-refractivity contribution in [2.45, 2.75) is 33.7 Å². The average Bonchev–Trinajstić information content (AvgIpc) is 3.37. The molecular formula is C33H36N6O. The average molecular weight is 533 g/mol. The molecule has 0 amide bonds. The maximum Gasteiger partial charge on any atom is 0.134 e. The molecule has 1 atom stereocenters. The zero-order chi connectivity index (χ0) is 27.6. The Morgan fingerprint density at radius 3 is 2.50 bits per heavy atom. The molecule has 0 aliphatic carbocycles. The number of anilines is 2. The van der Waals surface area contributed by atoms with Gasteiger partial charge in [-0.2, -0.15) is 0 Å². The van der Waals surface area contributed by atoms with Crippen molar-refractivity contribution in [1.29, 1.82) is 0 Å². The smallest absolute Gasteiger partial charge is 0.134 e. The summed E-state index contributed by atoms with van der Waals surface area (Å²) in [5.74, 6) is 2.59. The van der Waals surface area contributed by atoms with Crippen LogP contribution in [0.1, 0.15) is 36.8 Å². The van der Waals surface area contributed by atoms with Crippen molar-refractivity contribution in [3.8, 4) is 22.4 Å². The molecule has 1 aliphatic rings. The van der Waals surface area contributed by atoms with E-state index in [1.807, 2.05) is 31.3 Å². The monoisotopic (exact) mass is 532 g/mol. The minimum Gasteiger partial charge on any atom is -0.464 e. The molecule has 6 rings (SSSR count). The molecule has 4 heterocycles. The number of fused-ring (bicyclic) bond motifs is 1. The van der Waals surface area contributed by atoms with Gasteiger partial charge < -0.3 is 19.5 Å². The van der Waals surface area contributed by atoms with E-state index in [1.165, 1.54) is 5.56 Å². The normalized spacial score (nSPS) is 14.9. The molecule has 7 heteroatoms. The minimum atomic E-state index is 0.0581. The first-order valence-electron chi connectivity index (χ1n) is 14.1. The number of nitrogens with zero attached hydrogens (tertiary/aromatic N) is 5. The number of furan rings is 1. The van der Waals surface area contributed by atoms with Crippen LogP contribution in [-0.4, -0.2) is 52.6 Å². The van der Waals surface area contributed by atoms with Crippen LogP contribution in [0.25, 0.3) is 33.4 Å². The van der Waals surface area contributed by atoms with Crippen LogP contribution < -0.4 is 10.2 Å². The Kier molecular flexibility index (Phi) is 7.22. The second-order valence-electron chi connectivity index (χ2n) is 10.6. The van der Waals surface area contributed by atoms with Crippen LogP contribution in [0.2, 0.25) is 0 Å². The summed E-state index contributed by atoms with van der Waals surface area (Å²) in [4.78, 5) is 19.1. The summed E-state index contributed by atoms with van der Waals surface area (Å²) in [6.45, 7) is 13.7. The van der Waals surface area contributed by atoms with E-state index < -0.39 is 0 Å². The number of piperazine rings is 1. The van der Waals surface area contributed by atoms with Gasteiger partial charge in [-0.05, 0) is 80.4 Å². The summed E-state index contributed by atoms with van der Waals surface area (Å²) in [5.41, 5.74) is 7.40. The molecule has 204 valence electrons. The Labute approximate surface area is 235 Å². The van der Waals surface area contributed by atoms with Gasteiger partial charge in [0, 0.05) is 61.0 Å². The molecule has 0 spiro atoms. The van der Waals surface area contributed by atoms with Crippen LogP contribution in [-0.2, 0) is 0 Å². The standard InChI is InChI=1S/C33H36N6O/c1-5-38-13-15-39(16-14-38)33-12-10-28(20-34-33)26-8-6-7-25(17-26)23(3)35-32-19-30(36-24(4)37-32)27-9-11-31-29(18-27)22(2)21-40-31/h6-12,17-21,23H,5,13-16H2,1-4H3,(H,35,36,37)/t23-/m0/s1. The van der Waals surface area contributed by atoms with Crippen molar-refractivity contribution in [3.05, 3.63) is 90.1 Å². The third-order valence-electron chi connectivity index (χ3n) is 7.88. The number of likely N-dealkylation sites (N-methyl/N-ethyl adjacent to an activating group) is 1. The molecule has 1 N–H and O–H groups in total. The van der Waals surface area contributed by atoms with E-state index in [-0.39, 0.29) is 6.04 Å². The van der Waals surface area contributed by atoms with E-state index in [9.17, 15) is 0 Å². The fourth-order valence-electron chi connectivity index (χ4n) is 5.43. The van der Waals surface area contributed by atoms with Crippen LogP contribution in [0.15, 0.2) is 77.5 Å². The predicted octanol–water partition coefficient (Wildman–Crippen LogP) is 6.88.